The smallest absolute Gasteiger partial charge is 0.240 e. The second-order valence-corrected chi connectivity index (χ2v) is 2.93. The maximum atomic E-state index is 10.9. The number of nitrogens with one attached hydrogen (secondary N) is 1. The van der Waals surface area contributed by atoms with Gasteiger partial charge in [-0.2, -0.15) is 0 Å². The molecule has 1 rings (SSSR count). The van der Waals surface area contributed by atoms with Gasteiger partial charge in [-0.1, -0.05) is 30.3 Å². The van der Waals surface area contributed by atoms with Crippen LogP contribution in [0.15, 0.2) is 30.3 Å². The van der Waals surface area contributed by atoms with E-state index >= 15 is 0 Å². The number of primary amides is 1. The van der Waals surface area contributed by atoms with Crippen molar-refractivity contribution in [1.29, 1.82) is 0 Å². The summed E-state index contributed by atoms with van der Waals surface area (Å²) >= 11 is 0. The number of amides is 2. The van der Waals surface area contributed by atoms with Gasteiger partial charge in [-0.25, -0.2) is 0 Å². The predicted molar refractivity (Wildman–Crippen MR) is 52.3 cm³/mol. The van der Waals surface area contributed by atoms with Crippen molar-refractivity contribution in [3.63, 3.8) is 0 Å². The standard InChI is InChI=1S/C10H12N2O2/c11-10(14)9(12-7-13)6-8-4-2-1-3-5-8/h1-5,7,9H,6H2,(H2,11,14)(H,12,13)/t9-/m0/s1. The Morgan fingerprint density at radius 1 is 1.43 bits per heavy atom. The number of rotatable bonds is 5. The molecule has 0 aliphatic carbocycles. The molecule has 74 valence electrons. The second kappa shape index (κ2) is 5.01. The van der Waals surface area contributed by atoms with Gasteiger partial charge in [-0.15, -0.1) is 0 Å². The van der Waals surface area contributed by atoms with Gasteiger partial charge in [0.15, 0.2) is 0 Å². The van der Waals surface area contributed by atoms with Gasteiger partial charge in [-0.3, -0.25) is 9.59 Å². The fourth-order valence-electron chi connectivity index (χ4n) is 1.17. The molecule has 0 radical (unpaired) electrons. The second-order valence-electron chi connectivity index (χ2n) is 2.93. The molecule has 4 heteroatoms. The van der Waals surface area contributed by atoms with Gasteiger partial charge >= 0.3 is 0 Å². The lowest BCUT2D eigenvalue weighted by Crippen LogP contribution is -2.42. The molecule has 0 bridgehead atoms. The van der Waals surface area contributed by atoms with Crippen molar-refractivity contribution < 1.29 is 9.59 Å². The maximum absolute atomic E-state index is 10.9. The largest absolute Gasteiger partial charge is 0.368 e. The molecule has 1 aromatic rings. The van der Waals surface area contributed by atoms with Gasteiger partial charge in [0.25, 0.3) is 0 Å². The number of carbonyl (C=O) groups excluding carboxylic acids is 2. The number of hydrogen-bond acceptors (Lipinski definition) is 2. The Morgan fingerprint density at radius 2 is 2.07 bits per heavy atom. The van der Waals surface area contributed by atoms with Crippen LogP contribution in [-0.2, 0) is 16.0 Å². The van der Waals surface area contributed by atoms with Crippen LogP contribution < -0.4 is 11.1 Å². The first-order valence-electron chi connectivity index (χ1n) is 4.27. The van der Waals surface area contributed by atoms with Crippen molar-refractivity contribution in [2.45, 2.75) is 12.5 Å². The lowest BCUT2D eigenvalue weighted by molar-refractivity contribution is -0.122. The van der Waals surface area contributed by atoms with Gasteiger partial charge < -0.3 is 11.1 Å². The molecule has 0 fully saturated rings. The number of nitrogens with two attached hydrogens (primary N) is 1. The molecule has 0 aromatic heterocycles. The minimum absolute atomic E-state index is 0.426. The Hall–Kier alpha value is -1.84. The summed E-state index contributed by atoms with van der Waals surface area (Å²) in [6.45, 7) is 0. The molecule has 0 saturated carbocycles. The summed E-state index contributed by atoms with van der Waals surface area (Å²) in [7, 11) is 0. The van der Waals surface area contributed by atoms with E-state index in [0.717, 1.165) is 5.56 Å². The molecule has 3 N–H and O–H groups in total. The fourth-order valence-corrected chi connectivity index (χ4v) is 1.17. The molecular formula is C10H12N2O2. The highest BCUT2D eigenvalue weighted by atomic mass is 16.2. The van der Waals surface area contributed by atoms with Crippen molar-refractivity contribution >= 4 is 12.3 Å². The first-order valence-corrected chi connectivity index (χ1v) is 4.27. The lowest BCUT2D eigenvalue weighted by Gasteiger charge is -2.11. The molecule has 4 nitrogen and oxygen atoms in total. The normalized spacial score (nSPS) is 11.7. The monoisotopic (exact) mass is 192 g/mol. The maximum Gasteiger partial charge on any atom is 0.240 e. The molecular weight excluding hydrogens is 180 g/mol. The molecule has 1 atom stereocenters. The highest BCUT2D eigenvalue weighted by Gasteiger charge is 2.13. The summed E-state index contributed by atoms with van der Waals surface area (Å²) in [6.07, 6.45) is 0.910. The van der Waals surface area contributed by atoms with Crippen molar-refractivity contribution in [2.24, 2.45) is 5.73 Å². The van der Waals surface area contributed by atoms with Crippen LogP contribution in [0.25, 0.3) is 0 Å². The number of hydrogen-bond donors (Lipinski definition) is 2. The quantitative estimate of drug-likeness (QED) is 0.636. The Balaban J connectivity index is 2.64. The molecule has 0 unspecified atom stereocenters. The van der Waals surface area contributed by atoms with Crippen molar-refractivity contribution in [3.05, 3.63) is 35.9 Å². The average Bonchev–Trinajstić information content (AvgIpc) is 2.18. The van der Waals surface area contributed by atoms with Gasteiger partial charge in [0.2, 0.25) is 12.3 Å². The summed E-state index contributed by atoms with van der Waals surface area (Å²) < 4.78 is 0. The topological polar surface area (TPSA) is 72.2 Å². The van der Waals surface area contributed by atoms with E-state index in [9.17, 15) is 9.59 Å². The van der Waals surface area contributed by atoms with Crippen molar-refractivity contribution in [1.82, 2.24) is 5.32 Å². The third kappa shape index (κ3) is 2.90. The molecule has 0 aliphatic heterocycles. The zero-order chi connectivity index (χ0) is 10.4. The average molecular weight is 192 g/mol. The Labute approximate surface area is 82.1 Å². The van der Waals surface area contributed by atoms with Crippen LogP contribution in [0, 0.1) is 0 Å². The van der Waals surface area contributed by atoms with Crippen LogP contribution in [0.1, 0.15) is 5.56 Å². The van der Waals surface area contributed by atoms with E-state index in [0.29, 0.717) is 12.8 Å². The molecule has 0 aliphatic rings. The van der Waals surface area contributed by atoms with E-state index in [4.69, 9.17) is 5.73 Å². The highest BCUT2D eigenvalue weighted by Crippen LogP contribution is 2.02. The van der Waals surface area contributed by atoms with E-state index in [-0.39, 0.29) is 0 Å². The van der Waals surface area contributed by atoms with E-state index < -0.39 is 11.9 Å². The van der Waals surface area contributed by atoms with E-state index in [1.165, 1.54) is 0 Å². The highest BCUT2D eigenvalue weighted by molar-refractivity contribution is 5.82. The molecule has 1 aromatic carbocycles. The first-order chi connectivity index (χ1) is 6.74. The summed E-state index contributed by atoms with van der Waals surface area (Å²) in [5, 5.41) is 2.38. The minimum atomic E-state index is -0.630. The van der Waals surface area contributed by atoms with E-state index in [1.54, 1.807) is 0 Å². The van der Waals surface area contributed by atoms with Gasteiger partial charge in [0.1, 0.15) is 6.04 Å². The first kappa shape index (κ1) is 10.2. The summed E-state index contributed by atoms with van der Waals surface area (Å²) in [5.74, 6) is -0.527. The molecule has 0 heterocycles. The molecule has 0 spiro atoms. The summed E-state index contributed by atoms with van der Waals surface area (Å²) in [6, 6.07) is 8.75. The Kier molecular flexibility index (Phi) is 3.67. The molecule has 14 heavy (non-hydrogen) atoms. The summed E-state index contributed by atoms with van der Waals surface area (Å²) in [5.41, 5.74) is 6.07. The third-order valence-electron chi connectivity index (χ3n) is 1.90. The third-order valence-corrected chi connectivity index (χ3v) is 1.90. The number of carbonyl (C=O) groups is 2. The number of benzene rings is 1. The van der Waals surface area contributed by atoms with Gasteiger partial charge in [0.05, 0.1) is 0 Å². The van der Waals surface area contributed by atoms with Crippen molar-refractivity contribution in [3.8, 4) is 0 Å². The van der Waals surface area contributed by atoms with Gasteiger partial charge in [0, 0.05) is 6.42 Å². The zero-order valence-corrected chi connectivity index (χ0v) is 7.64. The van der Waals surface area contributed by atoms with Gasteiger partial charge in [-0.05, 0) is 5.56 Å². The van der Waals surface area contributed by atoms with Crippen molar-refractivity contribution in [2.75, 3.05) is 0 Å². The Bertz CT molecular complexity index is 311. The van der Waals surface area contributed by atoms with Crippen LogP contribution >= 0.6 is 0 Å². The lowest BCUT2D eigenvalue weighted by atomic mass is 10.1. The van der Waals surface area contributed by atoms with E-state index in [2.05, 4.69) is 5.32 Å². The summed E-state index contributed by atoms with van der Waals surface area (Å²) in [4.78, 5) is 21.1. The minimum Gasteiger partial charge on any atom is -0.368 e. The van der Waals surface area contributed by atoms with Crippen LogP contribution in [-0.4, -0.2) is 18.4 Å². The van der Waals surface area contributed by atoms with Crippen LogP contribution in [0.5, 0.6) is 0 Å². The van der Waals surface area contributed by atoms with E-state index in [1.807, 2.05) is 30.3 Å². The zero-order valence-electron chi connectivity index (χ0n) is 7.64. The van der Waals surface area contributed by atoms with Crippen LogP contribution in [0.2, 0.25) is 0 Å². The predicted octanol–water partition coefficient (Wildman–Crippen LogP) is -0.171. The Morgan fingerprint density at radius 3 is 2.57 bits per heavy atom. The van der Waals surface area contributed by atoms with Crippen LogP contribution in [0.4, 0.5) is 0 Å². The molecule has 2 amide bonds. The fraction of sp³-hybridized carbons (Fsp3) is 0.200. The SMILES string of the molecule is NC(=O)[C@H](Cc1ccccc1)NC=O. The van der Waals surface area contributed by atoms with Crippen LogP contribution in [0.3, 0.4) is 0 Å². The molecule has 0 saturated heterocycles.